The first-order valence-corrected chi connectivity index (χ1v) is 10.5. The van der Waals surface area contributed by atoms with Crippen LogP contribution in [0, 0.1) is 0 Å². The van der Waals surface area contributed by atoms with Gasteiger partial charge in [-0.15, -0.1) is 0 Å². The maximum atomic E-state index is 12.6. The van der Waals surface area contributed by atoms with Crippen molar-refractivity contribution < 1.29 is 24.2 Å². The molecule has 0 spiro atoms. The molecule has 2 N–H and O–H groups in total. The molecule has 0 heterocycles. The van der Waals surface area contributed by atoms with E-state index in [0.29, 0.717) is 24.1 Å². The molecule has 0 atom stereocenters. The first-order chi connectivity index (χ1) is 14.6. The highest BCUT2D eigenvalue weighted by molar-refractivity contribution is 6.00. The number of hydrogen-bond acceptors (Lipinski definition) is 5. The van der Waals surface area contributed by atoms with Gasteiger partial charge in [0.2, 0.25) is 5.91 Å². The highest BCUT2D eigenvalue weighted by Crippen LogP contribution is 2.33. The zero-order valence-electron chi connectivity index (χ0n) is 18.8. The number of ketones is 1. The second-order valence-electron chi connectivity index (χ2n) is 8.24. The SMILES string of the molecule is CC(=O)NCCc1ccc(C(=O)COC(=O)c2cc(C(C)C)cc(C(C)C)c2O)cc1. The molecule has 2 aromatic carbocycles. The summed E-state index contributed by atoms with van der Waals surface area (Å²) in [6, 6.07) is 10.5. The summed E-state index contributed by atoms with van der Waals surface area (Å²) in [4.78, 5) is 36.0. The molecule has 0 bridgehead atoms. The molecule has 0 radical (unpaired) electrons. The number of amides is 1. The average Bonchev–Trinajstić information content (AvgIpc) is 2.71. The number of phenolic OH excluding ortho intramolecular Hbond substituents is 1. The van der Waals surface area contributed by atoms with Crippen molar-refractivity contribution in [1.82, 2.24) is 5.32 Å². The van der Waals surface area contributed by atoms with Gasteiger partial charge in [0.05, 0.1) is 0 Å². The van der Waals surface area contributed by atoms with Crippen LogP contribution in [0.4, 0.5) is 0 Å². The van der Waals surface area contributed by atoms with Crippen LogP contribution in [0.1, 0.15) is 83.9 Å². The van der Waals surface area contributed by atoms with E-state index in [2.05, 4.69) is 5.32 Å². The third kappa shape index (κ3) is 6.67. The number of carbonyl (C=O) groups is 3. The number of ether oxygens (including phenoxy) is 1. The van der Waals surface area contributed by atoms with Crippen LogP contribution in [0.3, 0.4) is 0 Å². The lowest BCUT2D eigenvalue weighted by Gasteiger charge is -2.16. The Labute approximate surface area is 183 Å². The molecule has 0 aliphatic heterocycles. The van der Waals surface area contributed by atoms with Crippen molar-refractivity contribution in [3.63, 3.8) is 0 Å². The number of phenols is 1. The molecule has 2 aromatic rings. The first-order valence-electron chi connectivity index (χ1n) is 10.5. The molecule has 2 rings (SSSR count). The fraction of sp³-hybridized carbons (Fsp3) is 0.400. The van der Waals surface area contributed by atoms with E-state index in [1.165, 1.54) is 6.92 Å². The Morgan fingerprint density at radius 1 is 1.00 bits per heavy atom. The maximum Gasteiger partial charge on any atom is 0.342 e. The minimum absolute atomic E-state index is 0.0380. The Balaban J connectivity index is 2.05. The number of rotatable bonds is 9. The smallest absolute Gasteiger partial charge is 0.342 e. The molecule has 6 heteroatoms. The second-order valence-corrected chi connectivity index (χ2v) is 8.24. The lowest BCUT2D eigenvalue weighted by Crippen LogP contribution is -2.22. The van der Waals surface area contributed by atoms with Crippen LogP contribution in [0.2, 0.25) is 0 Å². The van der Waals surface area contributed by atoms with Gasteiger partial charge in [-0.25, -0.2) is 4.79 Å². The number of nitrogens with one attached hydrogen (secondary N) is 1. The van der Waals surface area contributed by atoms with Crippen molar-refractivity contribution in [1.29, 1.82) is 0 Å². The van der Waals surface area contributed by atoms with Gasteiger partial charge in [0.25, 0.3) is 0 Å². The molecular weight excluding hydrogens is 394 g/mol. The van der Waals surface area contributed by atoms with Crippen LogP contribution in [-0.2, 0) is 16.0 Å². The van der Waals surface area contributed by atoms with Crippen LogP contribution in [0.15, 0.2) is 36.4 Å². The van der Waals surface area contributed by atoms with Gasteiger partial charge in [0.1, 0.15) is 11.3 Å². The zero-order valence-corrected chi connectivity index (χ0v) is 18.8. The summed E-state index contributed by atoms with van der Waals surface area (Å²) in [6.45, 7) is 9.48. The highest BCUT2D eigenvalue weighted by Gasteiger charge is 2.21. The van der Waals surface area contributed by atoms with Gasteiger partial charge in [0.15, 0.2) is 12.4 Å². The second kappa shape index (κ2) is 10.8. The molecule has 166 valence electrons. The third-order valence-electron chi connectivity index (χ3n) is 5.07. The van der Waals surface area contributed by atoms with Gasteiger partial charge in [0, 0.05) is 19.0 Å². The normalized spacial score (nSPS) is 10.9. The summed E-state index contributed by atoms with van der Waals surface area (Å²) in [7, 11) is 0. The van der Waals surface area contributed by atoms with E-state index >= 15 is 0 Å². The maximum absolute atomic E-state index is 12.6. The molecule has 0 aliphatic carbocycles. The largest absolute Gasteiger partial charge is 0.507 e. The van der Waals surface area contributed by atoms with E-state index in [-0.39, 0.29) is 34.8 Å². The van der Waals surface area contributed by atoms with Crippen LogP contribution in [-0.4, -0.2) is 35.9 Å². The molecule has 0 saturated carbocycles. The molecule has 0 unspecified atom stereocenters. The molecule has 31 heavy (non-hydrogen) atoms. The predicted octanol–water partition coefficient (Wildman–Crippen LogP) is 4.36. The summed E-state index contributed by atoms with van der Waals surface area (Å²) >= 11 is 0. The van der Waals surface area contributed by atoms with Crippen LogP contribution in [0.25, 0.3) is 0 Å². The Hall–Kier alpha value is -3.15. The Morgan fingerprint density at radius 3 is 2.19 bits per heavy atom. The molecule has 0 saturated heterocycles. The number of esters is 1. The quantitative estimate of drug-likeness (QED) is 0.460. The molecule has 0 aliphatic rings. The number of benzene rings is 2. The van der Waals surface area contributed by atoms with E-state index in [1.807, 2.05) is 45.9 Å². The summed E-state index contributed by atoms with van der Waals surface area (Å²) in [5, 5.41) is 13.3. The lowest BCUT2D eigenvalue weighted by molar-refractivity contribution is -0.118. The zero-order chi connectivity index (χ0) is 23.1. The van der Waals surface area contributed by atoms with Crippen molar-refractivity contribution in [2.45, 2.75) is 52.9 Å². The fourth-order valence-corrected chi connectivity index (χ4v) is 3.14. The van der Waals surface area contributed by atoms with Gasteiger partial charge >= 0.3 is 5.97 Å². The van der Waals surface area contributed by atoms with E-state index < -0.39 is 12.6 Å². The molecule has 0 aromatic heterocycles. The minimum atomic E-state index is -0.720. The standard InChI is InChI=1S/C25H31NO5/c1-15(2)20-12-21(16(3)4)24(29)22(13-20)25(30)31-14-23(28)19-8-6-18(7-9-19)10-11-26-17(5)27/h6-9,12-13,15-16,29H,10-11,14H2,1-5H3,(H,26,27). The fourth-order valence-electron chi connectivity index (χ4n) is 3.14. The predicted molar refractivity (Wildman–Crippen MR) is 120 cm³/mol. The van der Waals surface area contributed by atoms with E-state index in [9.17, 15) is 19.5 Å². The summed E-state index contributed by atoms with van der Waals surface area (Å²) in [5.41, 5.74) is 3.10. The Bertz CT molecular complexity index is 945. The minimum Gasteiger partial charge on any atom is -0.507 e. The summed E-state index contributed by atoms with van der Waals surface area (Å²) in [5.74, 6) is -1.02. The van der Waals surface area contributed by atoms with Gasteiger partial charge in [-0.2, -0.15) is 0 Å². The highest BCUT2D eigenvalue weighted by atomic mass is 16.5. The summed E-state index contributed by atoms with van der Waals surface area (Å²) < 4.78 is 5.22. The number of carbonyl (C=O) groups excluding carboxylic acids is 3. The van der Waals surface area contributed by atoms with E-state index in [4.69, 9.17) is 4.74 Å². The lowest BCUT2D eigenvalue weighted by atomic mass is 9.92. The molecular formula is C25H31NO5. The Kier molecular flexibility index (Phi) is 8.37. The van der Waals surface area contributed by atoms with Gasteiger partial charge in [-0.1, -0.05) is 58.0 Å². The van der Waals surface area contributed by atoms with Crippen molar-refractivity contribution in [3.8, 4) is 5.75 Å². The van der Waals surface area contributed by atoms with Crippen LogP contribution in [0.5, 0.6) is 5.75 Å². The van der Waals surface area contributed by atoms with Gasteiger partial charge in [-0.3, -0.25) is 9.59 Å². The van der Waals surface area contributed by atoms with E-state index in [1.54, 1.807) is 18.2 Å². The number of hydrogen-bond donors (Lipinski definition) is 2. The van der Waals surface area contributed by atoms with Gasteiger partial charge < -0.3 is 15.2 Å². The summed E-state index contributed by atoms with van der Waals surface area (Å²) in [6.07, 6.45) is 0.659. The van der Waals surface area contributed by atoms with E-state index in [0.717, 1.165) is 11.1 Å². The molecule has 1 amide bonds. The Morgan fingerprint density at radius 2 is 1.65 bits per heavy atom. The topological polar surface area (TPSA) is 92.7 Å². The number of aromatic hydroxyl groups is 1. The average molecular weight is 426 g/mol. The van der Waals surface area contributed by atoms with Crippen molar-refractivity contribution in [2.24, 2.45) is 0 Å². The monoisotopic (exact) mass is 425 g/mol. The van der Waals surface area contributed by atoms with Crippen molar-refractivity contribution in [2.75, 3.05) is 13.2 Å². The van der Waals surface area contributed by atoms with Crippen LogP contribution >= 0.6 is 0 Å². The number of Topliss-reactive ketones (excluding diaryl/α,β-unsaturated/α-hetero) is 1. The third-order valence-corrected chi connectivity index (χ3v) is 5.07. The molecule has 6 nitrogen and oxygen atoms in total. The molecule has 0 fully saturated rings. The van der Waals surface area contributed by atoms with Gasteiger partial charge in [-0.05, 0) is 41.0 Å². The van der Waals surface area contributed by atoms with Crippen LogP contribution < -0.4 is 5.32 Å². The van der Waals surface area contributed by atoms with Crippen molar-refractivity contribution >= 4 is 17.7 Å². The van der Waals surface area contributed by atoms with Crippen molar-refractivity contribution in [3.05, 3.63) is 64.2 Å². The first kappa shape index (κ1) is 24.1.